The minimum Gasteiger partial charge on any atom is -0.503 e. The van der Waals surface area contributed by atoms with Crippen molar-refractivity contribution in [3.63, 3.8) is 0 Å². The summed E-state index contributed by atoms with van der Waals surface area (Å²) in [6.07, 6.45) is 3.37. The monoisotopic (exact) mass is 486 g/mol. The third-order valence-corrected chi connectivity index (χ3v) is 7.46. The van der Waals surface area contributed by atoms with Crippen LogP contribution in [0.5, 0.6) is 5.75 Å². The molecule has 1 atom stereocenters. The summed E-state index contributed by atoms with van der Waals surface area (Å²) in [4.78, 5) is 32.0. The Morgan fingerprint density at radius 3 is 2.66 bits per heavy atom. The van der Waals surface area contributed by atoms with Crippen LogP contribution >= 0.6 is 11.3 Å². The topological polar surface area (TPSA) is 82.6 Å². The van der Waals surface area contributed by atoms with E-state index in [-0.39, 0.29) is 11.4 Å². The smallest absolute Gasteiger partial charge is 0.290 e. The molecule has 0 saturated carbocycles. The van der Waals surface area contributed by atoms with Crippen molar-refractivity contribution in [2.24, 2.45) is 0 Å². The van der Waals surface area contributed by atoms with Gasteiger partial charge in [-0.05, 0) is 59.2 Å². The van der Waals surface area contributed by atoms with Crippen LogP contribution in [-0.2, 0) is 17.6 Å². The molecule has 3 heterocycles. The minimum atomic E-state index is -0.650. The molecule has 2 N–H and O–H groups in total. The predicted molar refractivity (Wildman–Crippen MR) is 137 cm³/mol. The van der Waals surface area contributed by atoms with Gasteiger partial charge < -0.3 is 19.7 Å². The van der Waals surface area contributed by atoms with Gasteiger partial charge in [0.05, 0.1) is 23.6 Å². The van der Waals surface area contributed by atoms with Crippen LogP contribution < -0.4 is 4.74 Å². The highest BCUT2D eigenvalue weighted by atomic mass is 32.1. The van der Waals surface area contributed by atoms with Crippen LogP contribution in [0, 0.1) is 0 Å². The van der Waals surface area contributed by atoms with Crippen LogP contribution in [0.25, 0.3) is 10.9 Å². The number of rotatable bonds is 8. The molecule has 4 aromatic rings. The van der Waals surface area contributed by atoms with Crippen molar-refractivity contribution in [3.8, 4) is 5.75 Å². The number of aromatic nitrogens is 1. The average molecular weight is 487 g/mol. The lowest BCUT2D eigenvalue weighted by atomic mass is 9.94. The predicted octanol–water partition coefficient (Wildman–Crippen LogP) is 5.62. The number of aliphatic hydroxyl groups is 1. The van der Waals surface area contributed by atoms with Crippen LogP contribution in [0.3, 0.4) is 0 Å². The molecule has 2 aromatic carbocycles. The van der Waals surface area contributed by atoms with Gasteiger partial charge in [0.2, 0.25) is 5.78 Å². The fourth-order valence-electron chi connectivity index (χ4n) is 4.67. The Kier molecular flexibility index (Phi) is 6.17. The summed E-state index contributed by atoms with van der Waals surface area (Å²) in [6, 6.07) is 16.6. The number of fused-ring (bicyclic) bond motifs is 1. The maximum absolute atomic E-state index is 13.4. The third kappa shape index (κ3) is 4.12. The van der Waals surface area contributed by atoms with Crippen molar-refractivity contribution in [2.75, 3.05) is 13.7 Å². The maximum atomic E-state index is 13.4. The number of hydrogen-bond donors (Lipinski definition) is 2. The van der Waals surface area contributed by atoms with Gasteiger partial charge in [0.1, 0.15) is 5.75 Å². The molecule has 1 amide bonds. The molecule has 0 spiro atoms. The molecule has 0 aliphatic carbocycles. The van der Waals surface area contributed by atoms with Gasteiger partial charge in [0.25, 0.3) is 5.91 Å². The number of Topliss-reactive ketones (excluding diaryl/α,β-unsaturated/α-hetero) is 1. The molecule has 1 aliphatic rings. The highest BCUT2D eigenvalue weighted by molar-refractivity contribution is 7.12. The standard InChI is InChI=1S/C28H26N2O4S/c1-3-17-6-8-18(9-7-17)25-24(26(31)23-5-4-14-35-23)27(32)28(33)30(25)13-12-19-16-29-22-11-10-20(34-2)15-21(19)22/h4-11,14-16,25,29,32H,3,12-13H2,1-2H3/t25-/m1/s1. The van der Waals surface area contributed by atoms with E-state index < -0.39 is 17.7 Å². The summed E-state index contributed by atoms with van der Waals surface area (Å²) in [7, 11) is 1.63. The van der Waals surface area contributed by atoms with Crippen LogP contribution in [0.1, 0.15) is 39.3 Å². The third-order valence-electron chi connectivity index (χ3n) is 6.59. The summed E-state index contributed by atoms with van der Waals surface area (Å²) >= 11 is 1.30. The van der Waals surface area contributed by atoms with E-state index in [9.17, 15) is 14.7 Å². The number of nitrogens with one attached hydrogen (secondary N) is 1. The van der Waals surface area contributed by atoms with E-state index in [1.54, 1.807) is 24.1 Å². The molecule has 0 fully saturated rings. The van der Waals surface area contributed by atoms with Crippen LogP contribution in [0.2, 0.25) is 0 Å². The molecule has 1 aliphatic heterocycles. The first-order valence-corrected chi connectivity index (χ1v) is 12.4. The molecule has 0 bridgehead atoms. The first-order chi connectivity index (χ1) is 17.0. The quantitative estimate of drug-likeness (QED) is 0.317. The van der Waals surface area contributed by atoms with Gasteiger partial charge in [-0.25, -0.2) is 0 Å². The zero-order valence-corrected chi connectivity index (χ0v) is 20.4. The number of ether oxygens (including phenoxy) is 1. The normalized spacial score (nSPS) is 15.9. The van der Waals surface area contributed by atoms with Gasteiger partial charge in [-0.1, -0.05) is 37.3 Å². The summed E-state index contributed by atoms with van der Waals surface area (Å²) in [5.74, 6) is -0.539. The molecule has 0 unspecified atom stereocenters. The van der Waals surface area contributed by atoms with Gasteiger partial charge in [-0.2, -0.15) is 0 Å². The number of benzene rings is 2. The molecule has 7 heteroatoms. The molecule has 5 rings (SSSR count). The summed E-state index contributed by atoms with van der Waals surface area (Å²) < 4.78 is 5.37. The first-order valence-electron chi connectivity index (χ1n) is 11.6. The number of aryl methyl sites for hydroxylation is 1. The molecule has 2 aromatic heterocycles. The van der Waals surface area contributed by atoms with Crippen molar-refractivity contribution >= 4 is 33.9 Å². The number of amides is 1. The Morgan fingerprint density at radius 1 is 1.17 bits per heavy atom. The Labute approximate surface area is 207 Å². The number of thiophene rings is 1. The van der Waals surface area contributed by atoms with E-state index >= 15 is 0 Å². The Morgan fingerprint density at radius 2 is 1.97 bits per heavy atom. The van der Waals surface area contributed by atoms with Gasteiger partial charge in [0, 0.05) is 23.6 Å². The number of nitrogens with zero attached hydrogens (tertiary/aromatic N) is 1. The van der Waals surface area contributed by atoms with Gasteiger partial charge >= 0.3 is 0 Å². The SMILES string of the molecule is CCc1ccc([C@@H]2C(C(=O)c3cccs3)=C(O)C(=O)N2CCc2c[nH]c3ccc(OC)cc23)cc1. The first kappa shape index (κ1) is 22.9. The molecule has 0 radical (unpaired) electrons. The lowest BCUT2D eigenvalue weighted by molar-refractivity contribution is -0.129. The van der Waals surface area contributed by atoms with E-state index in [0.29, 0.717) is 17.8 Å². The lowest BCUT2D eigenvalue weighted by Gasteiger charge is -2.27. The van der Waals surface area contributed by atoms with Crippen molar-refractivity contribution in [1.29, 1.82) is 0 Å². The van der Waals surface area contributed by atoms with Crippen LogP contribution in [0.4, 0.5) is 0 Å². The van der Waals surface area contributed by atoms with Crippen molar-refractivity contribution in [1.82, 2.24) is 9.88 Å². The largest absolute Gasteiger partial charge is 0.503 e. The Bertz CT molecular complexity index is 1420. The van der Waals surface area contributed by atoms with E-state index in [4.69, 9.17) is 4.74 Å². The number of aromatic amines is 1. The summed E-state index contributed by atoms with van der Waals surface area (Å²) in [6.45, 7) is 2.42. The Hall–Kier alpha value is -3.84. The molecule has 35 heavy (non-hydrogen) atoms. The highest BCUT2D eigenvalue weighted by Crippen LogP contribution is 2.40. The molecule has 178 valence electrons. The fraction of sp³-hybridized carbons (Fsp3) is 0.214. The van der Waals surface area contributed by atoms with Gasteiger partial charge in [0.15, 0.2) is 5.76 Å². The Balaban J connectivity index is 1.50. The second-order valence-corrected chi connectivity index (χ2v) is 9.49. The zero-order valence-electron chi connectivity index (χ0n) is 19.6. The number of hydrogen-bond acceptors (Lipinski definition) is 5. The van der Waals surface area contributed by atoms with Gasteiger partial charge in [-0.15, -0.1) is 11.3 Å². The van der Waals surface area contributed by atoms with Crippen molar-refractivity contribution in [2.45, 2.75) is 25.8 Å². The molecule has 0 saturated heterocycles. The second kappa shape index (κ2) is 9.43. The van der Waals surface area contributed by atoms with E-state index in [0.717, 1.165) is 39.8 Å². The van der Waals surface area contributed by atoms with Gasteiger partial charge in [-0.3, -0.25) is 9.59 Å². The molecular formula is C28H26N2O4S. The fourth-order valence-corrected chi connectivity index (χ4v) is 5.35. The summed E-state index contributed by atoms with van der Waals surface area (Å²) in [5, 5.41) is 13.7. The van der Waals surface area contributed by atoms with E-state index in [2.05, 4.69) is 11.9 Å². The average Bonchev–Trinajstić information content (AvgIpc) is 3.62. The van der Waals surface area contributed by atoms with Crippen molar-refractivity contribution < 1.29 is 19.4 Å². The van der Waals surface area contributed by atoms with E-state index in [1.807, 2.05) is 54.0 Å². The van der Waals surface area contributed by atoms with E-state index in [1.165, 1.54) is 11.3 Å². The van der Waals surface area contributed by atoms with Crippen LogP contribution in [0.15, 0.2) is 77.5 Å². The zero-order chi connectivity index (χ0) is 24.5. The number of aliphatic hydroxyl groups excluding tert-OH is 1. The molecular weight excluding hydrogens is 460 g/mol. The number of H-pyrrole nitrogens is 1. The highest BCUT2D eigenvalue weighted by Gasteiger charge is 2.43. The number of carbonyl (C=O) groups is 2. The number of methoxy groups -OCH3 is 1. The minimum absolute atomic E-state index is 0.141. The second-order valence-electron chi connectivity index (χ2n) is 8.54. The maximum Gasteiger partial charge on any atom is 0.290 e. The lowest BCUT2D eigenvalue weighted by Crippen LogP contribution is -2.33. The summed E-state index contributed by atoms with van der Waals surface area (Å²) in [5.41, 5.74) is 4.12. The van der Waals surface area contributed by atoms with Crippen molar-refractivity contribution in [3.05, 3.63) is 99.1 Å². The molecule has 6 nitrogen and oxygen atoms in total. The van der Waals surface area contributed by atoms with Crippen LogP contribution in [-0.4, -0.2) is 40.3 Å². The number of ketones is 1. The number of carbonyl (C=O) groups excluding carboxylic acids is 2.